The van der Waals surface area contributed by atoms with Crippen LogP contribution < -0.4 is 0 Å². The van der Waals surface area contributed by atoms with E-state index in [1.165, 1.54) is 17.9 Å². The molecular formula is C12H14FNO. The third-order valence-corrected chi connectivity index (χ3v) is 2.11. The van der Waals surface area contributed by atoms with E-state index in [9.17, 15) is 9.18 Å². The molecule has 80 valence electrons. The van der Waals surface area contributed by atoms with E-state index in [1.807, 2.05) is 0 Å². The number of halogens is 1. The van der Waals surface area contributed by atoms with Crippen LogP contribution in [-0.2, 0) is 11.3 Å². The fraction of sp³-hybridized carbons (Fsp3) is 0.250. The average Bonchev–Trinajstić information content (AvgIpc) is 2.20. The van der Waals surface area contributed by atoms with Gasteiger partial charge in [-0.15, -0.1) is 6.58 Å². The summed E-state index contributed by atoms with van der Waals surface area (Å²) in [5.41, 5.74) is 0.523. The molecule has 0 heterocycles. The lowest BCUT2D eigenvalue weighted by Crippen LogP contribution is -2.28. The molecule has 1 amide bonds. The van der Waals surface area contributed by atoms with E-state index in [2.05, 4.69) is 6.58 Å². The first-order chi connectivity index (χ1) is 7.15. The zero-order valence-corrected chi connectivity index (χ0v) is 8.74. The van der Waals surface area contributed by atoms with Gasteiger partial charge in [0.1, 0.15) is 5.82 Å². The molecule has 0 aliphatic heterocycles. The highest BCUT2D eigenvalue weighted by molar-refractivity contribution is 5.73. The highest BCUT2D eigenvalue weighted by atomic mass is 19.1. The van der Waals surface area contributed by atoms with Crippen LogP contribution in [0.2, 0.25) is 0 Å². The molecule has 0 unspecified atom stereocenters. The molecule has 2 nitrogen and oxygen atoms in total. The second-order valence-corrected chi connectivity index (χ2v) is 3.28. The minimum atomic E-state index is -0.284. The van der Waals surface area contributed by atoms with E-state index < -0.39 is 0 Å². The first-order valence-corrected chi connectivity index (χ1v) is 4.75. The first-order valence-electron chi connectivity index (χ1n) is 4.75. The number of hydrogen-bond donors (Lipinski definition) is 0. The number of carbonyl (C=O) groups excluding carboxylic acids is 1. The van der Waals surface area contributed by atoms with E-state index in [0.717, 1.165) is 0 Å². The van der Waals surface area contributed by atoms with Crippen LogP contribution in [0.15, 0.2) is 36.9 Å². The molecule has 1 aromatic rings. The van der Waals surface area contributed by atoms with Gasteiger partial charge in [-0.05, 0) is 6.07 Å². The quantitative estimate of drug-likeness (QED) is 0.694. The first kappa shape index (κ1) is 11.4. The zero-order valence-electron chi connectivity index (χ0n) is 8.74. The lowest BCUT2D eigenvalue weighted by molar-refractivity contribution is -0.128. The lowest BCUT2D eigenvalue weighted by atomic mass is 10.2. The van der Waals surface area contributed by atoms with Gasteiger partial charge < -0.3 is 4.90 Å². The summed E-state index contributed by atoms with van der Waals surface area (Å²) >= 11 is 0. The average molecular weight is 207 g/mol. The monoisotopic (exact) mass is 207 g/mol. The van der Waals surface area contributed by atoms with Crippen LogP contribution >= 0.6 is 0 Å². The van der Waals surface area contributed by atoms with Crippen molar-refractivity contribution in [1.82, 2.24) is 4.90 Å². The third-order valence-electron chi connectivity index (χ3n) is 2.11. The van der Waals surface area contributed by atoms with Crippen molar-refractivity contribution in [3.05, 3.63) is 48.3 Å². The molecule has 3 heteroatoms. The minimum absolute atomic E-state index is 0.0850. The fourth-order valence-corrected chi connectivity index (χ4v) is 1.29. The lowest BCUT2D eigenvalue weighted by Gasteiger charge is -2.19. The van der Waals surface area contributed by atoms with Gasteiger partial charge in [-0.25, -0.2) is 4.39 Å². The van der Waals surface area contributed by atoms with Crippen LogP contribution in [0.3, 0.4) is 0 Å². The van der Waals surface area contributed by atoms with Crippen molar-refractivity contribution in [2.75, 3.05) is 6.54 Å². The fourth-order valence-electron chi connectivity index (χ4n) is 1.29. The van der Waals surface area contributed by atoms with Crippen LogP contribution in [-0.4, -0.2) is 17.4 Å². The Hall–Kier alpha value is -1.64. The second-order valence-electron chi connectivity index (χ2n) is 3.28. The minimum Gasteiger partial charge on any atom is -0.335 e. The smallest absolute Gasteiger partial charge is 0.220 e. The Labute approximate surface area is 89.0 Å². The summed E-state index contributed by atoms with van der Waals surface area (Å²) in [6, 6.07) is 6.45. The number of rotatable bonds is 4. The number of nitrogens with zero attached hydrogens (tertiary/aromatic N) is 1. The summed E-state index contributed by atoms with van der Waals surface area (Å²) in [4.78, 5) is 12.7. The van der Waals surface area contributed by atoms with Crippen LogP contribution in [0.1, 0.15) is 12.5 Å². The van der Waals surface area contributed by atoms with Crippen molar-refractivity contribution in [3.63, 3.8) is 0 Å². The third kappa shape index (κ3) is 3.20. The van der Waals surface area contributed by atoms with Gasteiger partial charge in [-0.2, -0.15) is 0 Å². The molecule has 1 rings (SSSR count). The molecule has 0 fully saturated rings. The summed E-state index contributed by atoms with van der Waals surface area (Å²) in [6.07, 6.45) is 1.63. The molecular weight excluding hydrogens is 193 g/mol. The standard InChI is InChI=1S/C12H14FNO/c1-3-8-14(10(2)15)9-11-6-4-5-7-12(11)13/h3-7H,1,8-9H2,2H3. The van der Waals surface area contributed by atoms with Crippen LogP contribution in [0.25, 0.3) is 0 Å². The molecule has 0 N–H and O–H groups in total. The zero-order chi connectivity index (χ0) is 11.3. The Morgan fingerprint density at radius 3 is 2.73 bits per heavy atom. The summed E-state index contributed by atoms with van der Waals surface area (Å²) < 4.78 is 13.3. The maximum absolute atomic E-state index is 13.3. The number of carbonyl (C=O) groups is 1. The van der Waals surface area contributed by atoms with Gasteiger partial charge in [0.25, 0.3) is 0 Å². The van der Waals surface area contributed by atoms with Crippen molar-refractivity contribution in [3.8, 4) is 0 Å². The summed E-state index contributed by atoms with van der Waals surface area (Å²) in [5.74, 6) is -0.369. The van der Waals surface area contributed by atoms with Crippen molar-refractivity contribution in [1.29, 1.82) is 0 Å². The van der Waals surface area contributed by atoms with E-state index in [4.69, 9.17) is 0 Å². The van der Waals surface area contributed by atoms with Crippen LogP contribution in [0.5, 0.6) is 0 Å². The highest BCUT2D eigenvalue weighted by Gasteiger charge is 2.09. The van der Waals surface area contributed by atoms with Gasteiger partial charge in [0, 0.05) is 25.6 Å². The summed E-state index contributed by atoms with van der Waals surface area (Å²) in [6.45, 7) is 5.74. The van der Waals surface area contributed by atoms with E-state index in [1.54, 1.807) is 24.3 Å². The molecule has 0 atom stereocenters. The molecule has 1 aromatic carbocycles. The van der Waals surface area contributed by atoms with Gasteiger partial charge in [0.2, 0.25) is 5.91 Å². The van der Waals surface area contributed by atoms with Crippen molar-refractivity contribution >= 4 is 5.91 Å². The van der Waals surface area contributed by atoms with Crippen molar-refractivity contribution < 1.29 is 9.18 Å². The molecule has 0 saturated heterocycles. The molecule has 0 aliphatic rings. The topological polar surface area (TPSA) is 20.3 Å². The number of hydrogen-bond acceptors (Lipinski definition) is 1. The van der Waals surface area contributed by atoms with Crippen molar-refractivity contribution in [2.45, 2.75) is 13.5 Å². The highest BCUT2D eigenvalue weighted by Crippen LogP contribution is 2.09. The molecule has 0 spiro atoms. The molecule has 0 aliphatic carbocycles. The predicted octanol–water partition coefficient (Wildman–Crippen LogP) is 2.36. The number of benzene rings is 1. The van der Waals surface area contributed by atoms with Gasteiger partial charge in [-0.1, -0.05) is 24.3 Å². The summed E-state index contributed by atoms with van der Waals surface area (Å²) in [5, 5.41) is 0. The van der Waals surface area contributed by atoms with Gasteiger partial charge in [0.15, 0.2) is 0 Å². The van der Waals surface area contributed by atoms with Gasteiger partial charge >= 0.3 is 0 Å². The Kier molecular flexibility index (Phi) is 4.03. The molecule has 0 aromatic heterocycles. The Balaban J connectivity index is 2.78. The van der Waals surface area contributed by atoms with Crippen LogP contribution in [0.4, 0.5) is 4.39 Å². The normalized spacial score (nSPS) is 9.73. The largest absolute Gasteiger partial charge is 0.335 e. The van der Waals surface area contributed by atoms with E-state index >= 15 is 0 Å². The Morgan fingerprint density at radius 1 is 1.53 bits per heavy atom. The Morgan fingerprint density at radius 2 is 2.20 bits per heavy atom. The van der Waals surface area contributed by atoms with E-state index in [-0.39, 0.29) is 18.3 Å². The predicted molar refractivity (Wildman–Crippen MR) is 57.7 cm³/mol. The molecule has 15 heavy (non-hydrogen) atoms. The summed E-state index contributed by atoms with van der Waals surface area (Å²) in [7, 11) is 0. The van der Waals surface area contributed by atoms with Gasteiger partial charge in [0.05, 0.1) is 0 Å². The molecule has 0 bridgehead atoms. The molecule has 0 radical (unpaired) electrons. The Bertz CT molecular complexity index is 362. The maximum Gasteiger partial charge on any atom is 0.220 e. The van der Waals surface area contributed by atoms with Crippen LogP contribution in [0, 0.1) is 5.82 Å². The molecule has 0 saturated carbocycles. The number of amides is 1. The SMILES string of the molecule is C=CCN(Cc1ccccc1F)C(C)=O. The second kappa shape index (κ2) is 5.29. The van der Waals surface area contributed by atoms with Gasteiger partial charge in [-0.3, -0.25) is 4.79 Å². The van der Waals surface area contributed by atoms with E-state index in [0.29, 0.717) is 12.1 Å². The van der Waals surface area contributed by atoms with Crippen molar-refractivity contribution in [2.24, 2.45) is 0 Å². The maximum atomic E-state index is 13.3.